The minimum atomic E-state index is -0.133. The minimum Gasteiger partial charge on any atom is -0.368 e. The zero-order valence-corrected chi connectivity index (χ0v) is 16.1. The topological polar surface area (TPSA) is 48.5 Å². The smallest absolute Gasteiger partial charge is 0.269 e. The van der Waals surface area contributed by atoms with E-state index in [1.54, 1.807) is 7.05 Å². The van der Waals surface area contributed by atoms with Gasteiger partial charge in [0.15, 0.2) is 0 Å². The van der Waals surface area contributed by atoms with Crippen molar-refractivity contribution in [2.45, 2.75) is 46.1 Å². The molecule has 1 saturated heterocycles. The highest BCUT2D eigenvalue weighted by molar-refractivity contribution is 5.92. The summed E-state index contributed by atoms with van der Waals surface area (Å²) >= 11 is 0. The molecule has 0 aromatic carbocycles. The Labute approximate surface area is 151 Å². The maximum absolute atomic E-state index is 11.6. The van der Waals surface area contributed by atoms with Crippen LogP contribution in [0.25, 0.3) is 0 Å². The second-order valence-corrected chi connectivity index (χ2v) is 8.53. The van der Waals surface area contributed by atoms with Crippen molar-refractivity contribution in [2.24, 2.45) is 11.3 Å². The van der Waals surface area contributed by atoms with Crippen LogP contribution in [0.1, 0.15) is 50.5 Å². The summed E-state index contributed by atoms with van der Waals surface area (Å²) < 4.78 is 0. The number of rotatable bonds is 3. The number of amides is 1. The molecule has 1 saturated carbocycles. The van der Waals surface area contributed by atoms with Crippen LogP contribution in [0.4, 0.5) is 5.69 Å². The Kier molecular flexibility index (Phi) is 5.32. The van der Waals surface area contributed by atoms with Crippen LogP contribution in [-0.4, -0.2) is 55.1 Å². The molecule has 1 amide bonds. The van der Waals surface area contributed by atoms with E-state index >= 15 is 0 Å². The van der Waals surface area contributed by atoms with E-state index in [-0.39, 0.29) is 5.91 Å². The quantitative estimate of drug-likeness (QED) is 0.916. The van der Waals surface area contributed by atoms with Gasteiger partial charge in [-0.25, -0.2) is 4.98 Å². The van der Waals surface area contributed by atoms with Crippen molar-refractivity contribution in [3.05, 3.63) is 24.0 Å². The molecular formula is C20H32N4O. The van der Waals surface area contributed by atoms with Crippen LogP contribution < -0.4 is 10.2 Å². The summed E-state index contributed by atoms with van der Waals surface area (Å²) in [5.41, 5.74) is 2.03. The number of pyridine rings is 1. The van der Waals surface area contributed by atoms with Gasteiger partial charge >= 0.3 is 0 Å². The molecule has 1 N–H and O–H groups in total. The lowest BCUT2D eigenvalue weighted by molar-refractivity contribution is 0.0958. The number of nitrogens with zero attached hydrogens (tertiary/aromatic N) is 3. The summed E-state index contributed by atoms with van der Waals surface area (Å²) in [7, 11) is 1.63. The molecule has 1 aliphatic heterocycles. The second kappa shape index (κ2) is 7.32. The first-order chi connectivity index (χ1) is 11.9. The summed E-state index contributed by atoms with van der Waals surface area (Å²) in [5.74, 6) is 0.725. The Morgan fingerprint density at radius 2 is 1.88 bits per heavy atom. The first kappa shape index (κ1) is 18.2. The average Bonchev–Trinajstić information content (AvgIpc) is 3.12. The summed E-state index contributed by atoms with van der Waals surface area (Å²) in [5, 5.41) is 2.61. The van der Waals surface area contributed by atoms with E-state index < -0.39 is 0 Å². The highest BCUT2D eigenvalue weighted by Crippen LogP contribution is 2.41. The van der Waals surface area contributed by atoms with Crippen LogP contribution >= 0.6 is 0 Å². The predicted octanol–water partition coefficient (Wildman–Crippen LogP) is 2.78. The van der Waals surface area contributed by atoms with Crippen molar-refractivity contribution >= 4 is 11.6 Å². The zero-order valence-electron chi connectivity index (χ0n) is 16.1. The molecule has 0 spiro atoms. The van der Waals surface area contributed by atoms with Crippen LogP contribution in [0.5, 0.6) is 0 Å². The van der Waals surface area contributed by atoms with E-state index in [2.05, 4.69) is 40.9 Å². The van der Waals surface area contributed by atoms with Gasteiger partial charge < -0.3 is 10.2 Å². The molecule has 25 heavy (non-hydrogen) atoms. The fraction of sp³-hybridized carbons (Fsp3) is 0.700. The van der Waals surface area contributed by atoms with Gasteiger partial charge in [-0.05, 0) is 42.7 Å². The van der Waals surface area contributed by atoms with Gasteiger partial charge in [-0.15, -0.1) is 0 Å². The molecule has 5 nitrogen and oxygen atoms in total. The van der Waals surface area contributed by atoms with Crippen molar-refractivity contribution in [3.63, 3.8) is 0 Å². The van der Waals surface area contributed by atoms with Crippen molar-refractivity contribution in [1.29, 1.82) is 0 Å². The van der Waals surface area contributed by atoms with E-state index in [1.165, 1.54) is 19.3 Å². The Morgan fingerprint density at radius 1 is 1.16 bits per heavy atom. The van der Waals surface area contributed by atoms with Crippen LogP contribution in [0, 0.1) is 11.3 Å². The lowest BCUT2D eigenvalue weighted by Crippen LogP contribution is -2.50. The molecule has 0 radical (unpaired) electrons. The number of nitrogens with one attached hydrogen (secondary N) is 1. The van der Waals surface area contributed by atoms with E-state index in [4.69, 9.17) is 0 Å². The summed E-state index contributed by atoms with van der Waals surface area (Å²) in [4.78, 5) is 21.0. The molecule has 2 fully saturated rings. The third kappa shape index (κ3) is 4.14. The molecule has 2 atom stereocenters. The summed E-state index contributed by atoms with van der Waals surface area (Å²) in [6.07, 6.45) is 5.90. The third-order valence-electron chi connectivity index (χ3n) is 6.03. The van der Waals surface area contributed by atoms with Gasteiger partial charge in [0.2, 0.25) is 0 Å². The molecule has 5 heteroatoms. The number of carbonyl (C=O) groups excluding carboxylic acids is 1. The number of aromatic nitrogens is 1. The van der Waals surface area contributed by atoms with Crippen molar-refractivity contribution in [1.82, 2.24) is 15.2 Å². The Hall–Kier alpha value is -1.62. The van der Waals surface area contributed by atoms with Gasteiger partial charge in [0, 0.05) is 39.3 Å². The Balaban J connectivity index is 1.53. The second-order valence-electron chi connectivity index (χ2n) is 8.53. The van der Waals surface area contributed by atoms with Gasteiger partial charge in [0.1, 0.15) is 5.69 Å². The van der Waals surface area contributed by atoms with Crippen molar-refractivity contribution < 1.29 is 4.79 Å². The number of hydrogen-bond donors (Lipinski definition) is 1. The van der Waals surface area contributed by atoms with Crippen LogP contribution in [0.3, 0.4) is 0 Å². The zero-order chi connectivity index (χ0) is 18.0. The monoisotopic (exact) mass is 344 g/mol. The van der Waals surface area contributed by atoms with E-state index in [9.17, 15) is 4.79 Å². The molecule has 2 heterocycles. The van der Waals surface area contributed by atoms with E-state index in [0.29, 0.717) is 11.1 Å². The fourth-order valence-electron chi connectivity index (χ4n) is 4.26. The lowest BCUT2D eigenvalue weighted by Gasteiger charge is -2.39. The predicted molar refractivity (Wildman–Crippen MR) is 102 cm³/mol. The lowest BCUT2D eigenvalue weighted by atomic mass is 9.79. The number of hydrogen-bond acceptors (Lipinski definition) is 4. The minimum absolute atomic E-state index is 0.133. The van der Waals surface area contributed by atoms with Crippen molar-refractivity contribution in [2.75, 3.05) is 38.1 Å². The molecule has 1 aromatic rings. The number of anilines is 1. The van der Waals surface area contributed by atoms with Crippen LogP contribution in [-0.2, 0) is 0 Å². The standard InChI is InChI=1S/C20H32N4O/c1-20(2,3)15-5-6-16(13-15)23-9-11-24(12-10-23)17-7-8-18(22-14-17)19(25)21-4/h7-8,14-16H,5-6,9-13H2,1-4H3,(H,21,25). The highest BCUT2D eigenvalue weighted by atomic mass is 16.1. The Bertz CT molecular complexity index is 585. The maximum atomic E-state index is 11.6. The maximum Gasteiger partial charge on any atom is 0.269 e. The average molecular weight is 345 g/mol. The Morgan fingerprint density at radius 3 is 2.40 bits per heavy atom. The molecule has 0 bridgehead atoms. The SMILES string of the molecule is CNC(=O)c1ccc(N2CCN(C3CCC(C(C)(C)C)C3)CC2)cn1. The van der Waals surface area contributed by atoms with Gasteiger partial charge in [-0.1, -0.05) is 20.8 Å². The highest BCUT2D eigenvalue weighted by Gasteiger charge is 2.36. The molecule has 2 unspecified atom stereocenters. The third-order valence-corrected chi connectivity index (χ3v) is 6.03. The normalized spacial score (nSPS) is 25.2. The largest absolute Gasteiger partial charge is 0.368 e. The summed E-state index contributed by atoms with van der Waals surface area (Å²) in [6, 6.07) is 4.59. The molecule has 2 aliphatic rings. The molecule has 1 aromatic heterocycles. The molecule has 1 aliphatic carbocycles. The molecular weight excluding hydrogens is 312 g/mol. The summed E-state index contributed by atoms with van der Waals surface area (Å²) in [6.45, 7) is 11.5. The fourth-order valence-corrected chi connectivity index (χ4v) is 4.26. The van der Waals surface area contributed by atoms with Gasteiger partial charge in [0.05, 0.1) is 11.9 Å². The van der Waals surface area contributed by atoms with Crippen molar-refractivity contribution in [3.8, 4) is 0 Å². The van der Waals surface area contributed by atoms with Crippen LogP contribution in [0.2, 0.25) is 0 Å². The first-order valence-corrected chi connectivity index (χ1v) is 9.55. The van der Waals surface area contributed by atoms with Gasteiger partial charge in [-0.2, -0.15) is 0 Å². The van der Waals surface area contributed by atoms with E-state index in [0.717, 1.165) is 43.8 Å². The van der Waals surface area contributed by atoms with Gasteiger partial charge in [-0.3, -0.25) is 9.69 Å². The molecule has 138 valence electrons. The van der Waals surface area contributed by atoms with E-state index in [1.807, 2.05) is 18.3 Å². The molecule has 3 rings (SSSR count). The first-order valence-electron chi connectivity index (χ1n) is 9.55. The number of carbonyl (C=O) groups is 1. The number of piperazine rings is 1. The van der Waals surface area contributed by atoms with Crippen LogP contribution in [0.15, 0.2) is 18.3 Å². The van der Waals surface area contributed by atoms with Gasteiger partial charge in [0.25, 0.3) is 5.91 Å².